The van der Waals surface area contributed by atoms with Gasteiger partial charge in [0, 0.05) is 27.7 Å². The average molecular weight is 437 g/mol. The van der Waals surface area contributed by atoms with Crippen LogP contribution in [0.4, 0.5) is 5.69 Å². The minimum atomic E-state index is -0.209. The van der Waals surface area contributed by atoms with Crippen LogP contribution in [-0.2, 0) is 6.42 Å². The molecule has 0 atom stereocenters. The van der Waals surface area contributed by atoms with Crippen molar-refractivity contribution in [3.63, 3.8) is 0 Å². The summed E-state index contributed by atoms with van der Waals surface area (Å²) in [7, 11) is 0. The van der Waals surface area contributed by atoms with Crippen LogP contribution in [0.3, 0.4) is 0 Å². The van der Waals surface area contributed by atoms with Crippen LogP contribution in [0.25, 0.3) is 0 Å². The van der Waals surface area contributed by atoms with Crippen LogP contribution in [0, 0.1) is 4.91 Å². The molecule has 0 aliphatic heterocycles. The molecule has 0 saturated heterocycles. The minimum absolute atomic E-state index is 0.0330. The van der Waals surface area contributed by atoms with Gasteiger partial charge in [0.1, 0.15) is 5.69 Å². The number of carbonyl (C=O) groups is 2. The Bertz CT molecular complexity index is 999. The molecule has 0 aliphatic rings. The monoisotopic (exact) mass is 436 g/mol. The maximum atomic E-state index is 12.5. The minimum Gasteiger partial charge on any atom is -0.352 e. The van der Waals surface area contributed by atoms with Gasteiger partial charge < -0.3 is 5.32 Å². The van der Waals surface area contributed by atoms with Crippen LogP contribution in [0.1, 0.15) is 31.8 Å². The zero-order valence-corrected chi connectivity index (χ0v) is 16.5. The van der Waals surface area contributed by atoms with Crippen LogP contribution < -0.4 is 5.32 Å². The number of nitroso groups, excluding NO2 is 1. The fourth-order valence-electron chi connectivity index (χ4n) is 2.72. The van der Waals surface area contributed by atoms with E-state index in [0.717, 1.165) is 10.0 Å². The Morgan fingerprint density at radius 2 is 1.54 bits per heavy atom. The van der Waals surface area contributed by atoms with E-state index in [0.29, 0.717) is 29.7 Å². The normalized spacial score (nSPS) is 10.3. The lowest BCUT2D eigenvalue weighted by Crippen LogP contribution is -2.25. The molecule has 0 fully saturated rings. The van der Waals surface area contributed by atoms with E-state index in [1.165, 1.54) is 12.1 Å². The summed E-state index contributed by atoms with van der Waals surface area (Å²) >= 11 is 3.37. The van der Waals surface area contributed by atoms with Crippen molar-refractivity contribution in [1.29, 1.82) is 0 Å². The molecule has 28 heavy (non-hydrogen) atoms. The molecule has 1 amide bonds. The van der Waals surface area contributed by atoms with Crippen molar-refractivity contribution in [1.82, 2.24) is 5.32 Å². The molecule has 0 radical (unpaired) electrons. The van der Waals surface area contributed by atoms with Crippen molar-refractivity contribution >= 4 is 33.3 Å². The Morgan fingerprint density at radius 1 is 0.857 bits per heavy atom. The highest BCUT2D eigenvalue weighted by molar-refractivity contribution is 9.10. The van der Waals surface area contributed by atoms with E-state index in [1.54, 1.807) is 36.4 Å². The molecule has 0 heterocycles. The highest BCUT2D eigenvalue weighted by Gasteiger charge is 2.09. The number of amides is 1. The molecule has 0 bridgehead atoms. The summed E-state index contributed by atoms with van der Waals surface area (Å²) in [4.78, 5) is 35.0. The number of rotatable bonds is 7. The van der Waals surface area contributed by atoms with Crippen molar-refractivity contribution in [2.45, 2.75) is 6.42 Å². The summed E-state index contributed by atoms with van der Waals surface area (Å²) in [6.07, 6.45) is 0.644. The van der Waals surface area contributed by atoms with E-state index in [-0.39, 0.29) is 17.4 Å². The Hall–Kier alpha value is -3.12. The summed E-state index contributed by atoms with van der Waals surface area (Å²) in [6.45, 7) is 0.464. The molecule has 0 aromatic heterocycles. The molecular formula is C22H17BrN2O3. The first kappa shape index (κ1) is 19.6. The predicted molar refractivity (Wildman–Crippen MR) is 112 cm³/mol. The van der Waals surface area contributed by atoms with E-state index >= 15 is 0 Å². The van der Waals surface area contributed by atoms with Gasteiger partial charge in [0.2, 0.25) is 0 Å². The van der Waals surface area contributed by atoms with Gasteiger partial charge >= 0.3 is 0 Å². The number of benzene rings is 3. The predicted octanol–water partition coefficient (Wildman–Crippen LogP) is 5.05. The van der Waals surface area contributed by atoms with Gasteiger partial charge in [0.05, 0.1) is 0 Å². The smallest absolute Gasteiger partial charge is 0.251 e. The van der Waals surface area contributed by atoms with E-state index in [4.69, 9.17) is 0 Å². The number of carbonyl (C=O) groups excluding carboxylic acids is 2. The lowest BCUT2D eigenvalue weighted by Gasteiger charge is -2.07. The molecule has 140 valence electrons. The average Bonchev–Trinajstić information content (AvgIpc) is 2.73. The Balaban J connectivity index is 1.54. The van der Waals surface area contributed by atoms with Crippen LogP contribution in [-0.4, -0.2) is 18.2 Å². The third-order valence-electron chi connectivity index (χ3n) is 4.24. The Morgan fingerprint density at radius 3 is 2.18 bits per heavy atom. The van der Waals surface area contributed by atoms with E-state index in [9.17, 15) is 14.5 Å². The van der Waals surface area contributed by atoms with Crippen LogP contribution in [0.5, 0.6) is 0 Å². The highest BCUT2D eigenvalue weighted by Crippen LogP contribution is 2.16. The van der Waals surface area contributed by atoms with Gasteiger partial charge in [-0.1, -0.05) is 52.3 Å². The van der Waals surface area contributed by atoms with Gasteiger partial charge in [0.15, 0.2) is 5.78 Å². The molecule has 6 heteroatoms. The van der Waals surface area contributed by atoms with Gasteiger partial charge in [0.25, 0.3) is 5.91 Å². The number of ketones is 1. The number of hydrogen-bond acceptors (Lipinski definition) is 4. The molecule has 3 aromatic carbocycles. The van der Waals surface area contributed by atoms with Crippen molar-refractivity contribution in [2.24, 2.45) is 5.18 Å². The fraction of sp³-hybridized carbons (Fsp3) is 0.0909. The Kier molecular flexibility index (Phi) is 6.45. The second kappa shape index (κ2) is 9.19. The third kappa shape index (κ3) is 4.98. The molecule has 5 nitrogen and oxygen atoms in total. The summed E-state index contributed by atoms with van der Waals surface area (Å²) < 4.78 is 0.864. The summed E-state index contributed by atoms with van der Waals surface area (Å²) in [5.74, 6) is -0.242. The molecule has 0 unspecified atom stereocenters. The van der Waals surface area contributed by atoms with Crippen molar-refractivity contribution in [3.05, 3.63) is 104 Å². The number of halogens is 1. The zero-order chi connectivity index (χ0) is 19.9. The molecule has 0 saturated carbocycles. The molecular weight excluding hydrogens is 420 g/mol. The SMILES string of the molecule is O=Nc1ccc(C(=O)NCCc2ccc(C(=O)c3cccc(Br)c3)cc2)cc1. The van der Waals surface area contributed by atoms with Crippen molar-refractivity contribution in [2.75, 3.05) is 6.54 Å². The van der Waals surface area contributed by atoms with Gasteiger partial charge in [-0.3, -0.25) is 9.59 Å². The molecule has 3 rings (SSSR count). The van der Waals surface area contributed by atoms with Crippen molar-refractivity contribution < 1.29 is 9.59 Å². The van der Waals surface area contributed by atoms with Gasteiger partial charge in [-0.05, 0) is 53.6 Å². The van der Waals surface area contributed by atoms with Crippen molar-refractivity contribution in [3.8, 4) is 0 Å². The second-order valence-corrected chi connectivity index (χ2v) is 7.10. The van der Waals surface area contributed by atoms with Gasteiger partial charge in [-0.15, -0.1) is 4.91 Å². The number of nitrogens with zero attached hydrogens (tertiary/aromatic N) is 1. The maximum absolute atomic E-state index is 12.5. The standard InChI is InChI=1S/C22H17BrN2O3/c23-19-3-1-2-18(14-19)21(26)16-6-4-15(5-7-16)12-13-24-22(27)17-8-10-20(25-28)11-9-17/h1-11,14H,12-13H2,(H,24,27). The Labute approximate surface area is 170 Å². The topological polar surface area (TPSA) is 75.6 Å². The lowest BCUT2D eigenvalue weighted by atomic mass is 10.0. The highest BCUT2D eigenvalue weighted by atomic mass is 79.9. The first-order valence-corrected chi connectivity index (χ1v) is 9.47. The molecule has 1 N–H and O–H groups in total. The number of hydrogen-bond donors (Lipinski definition) is 1. The second-order valence-electron chi connectivity index (χ2n) is 6.18. The van der Waals surface area contributed by atoms with Crippen LogP contribution in [0.15, 0.2) is 82.4 Å². The summed E-state index contributed by atoms with van der Waals surface area (Å²) in [5.41, 5.74) is 3.03. The summed E-state index contributed by atoms with van der Waals surface area (Å²) in [5, 5.41) is 5.64. The lowest BCUT2D eigenvalue weighted by molar-refractivity contribution is 0.0953. The first-order chi connectivity index (χ1) is 13.6. The van der Waals surface area contributed by atoms with Crippen LogP contribution in [0.2, 0.25) is 0 Å². The van der Waals surface area contributed by atoms with E-state index < -0.39 is 0 Å². The summed E-state index contributed by atoms with van der Waals surface area (Å²) in [6, 6.07) is 20.8. The van der Waals surface area contributed by atoms with Gasteiger partial charge in [-0.25, -0.2) is 0 Å². The fourth-order valence-corrected chi connectivity index (χ4v) is 3.11. The quantitative estimate of drug-likeness (QED) is 0.415. The van der Waals surface area contributed by atoms with E-state index in [2.05, 4.69) is 26.4 Å². The molecule has 0 spiro atoms. The number of nitrogens with one attached hydrogen (secondary N) is 1. The zero-order valence-electron chi connectivity index (χ0n) is 14.9. The third-order valence-corrected chi connectivity index (χ3v) is 4.73. The maximum Gasteiger partial charge on any atom is 0.251 e. The molecule has 3 aromatic rings. The van der Waals surface area contributed by atoms with E-state index in [1.807, 2.05) is 24.3 Å². The largest absolute Gasteiger partial charge is 0.352 e. The molecule has 0 aliphatic carbocycles. The first-order valence-electron chi connectivity index (χ1n) is 8.67. The van der Waals surface area contributed by atoms with Gasteiger partial charge in [-0.2, -0.15) is 0 Å². The van der Waals surface area contributed by atoms with Crippen LogP contribution >= 0.6 is 15.9 Å².